The van der Waals surface area contributed by atoms with E-state index < -0.39 is 0 Å². The molecule has 0 radical (unpaired) electrons. The highest BCUT2D eigenvalue weighted by Crippen LogP contribution is 2.54. The van der Waals surface area contributed by atoms with E-state index in [1.165, 1.54) is 60.1 Å². The van der Waals surface area contributed by atoms with Crippen molar-refractivity contribution < 1.29 is 8.83 Å². The van der Waals surface area contributed by atoms with Crippen LogP contribution >= 0.6 is 0 Å². The maximum atomic E-state index is 7.31. The van der Waals surface area contributed by atoms with Gasteiger partial charge in [0.1, 0.15) is 16.7 Å². The molecule has 60 heavy (non-hydrogen) atoms. The van der Waals surface area contributed by atoms with E-state index in [9.17, 15) is 0 Å². The van der Waals surface area contributed by atoms with E-state index in [1.54, 1.807) is 0 Å². The Morgan fingerprint density at radius 3 is 1.88 bits per heavy atom. The Bertz CT molecular complexity index is 3760. The van der Waals surface area contributed by atoms with Crippen LogP contribution in [0.5, 0.6) is 0 Å². The van der Waals surface area contributed by atoms with Crippen LogP contribution in [0.15, 0.2) is 197 Å². The average molecular weight is 768 g/mol. The fourth-order valence-electron chi connectivity index (χ4n) is 10.5. The number of hydrogen-bond acceptors (Lipinski definition) is 3. The Morgan fingerprint density at radius 2 is 1.02 bits per heavy atom. The minimum absolute atomic E-state index is 0.171. The Morgan fingerprint density at radius 1 is 0.367 bits per heavy atom. The predicted octanol–water partition coefficient (Wildman–Crippen LogP) is 16.4. The molecule has 1 aliphatic rings. The van der Waals surface area contributed by atoms with E-state index in [4.69, 9.17) is 8.83 Å². The lowest BCUT2D eigenvalue weighted by Crippen LogP contribution is -2.16. The van der Waals surface area contributed by atoms with Gasteiger partial charge in [-0.05, 0) is 109 Å². The number of furan rings is 2. The largest absolute Gasteiger partial charge is 0.456 e. The molecule has 0 saturated carbocycles. The molecular weight excluding hydrogens is 731 g/mol. The minimum atomic E-state index is -0.171. The molecule has 2 heterocycles. The van der Waals surface area contributed by atoms with Gasteiger partial charge in [0.05, 0.1) is 11.4 Å². The van der Waals surface area contributed by atoms with Crippen LogP contribution in [0.2, 0.25) is 0 Å². The van der Waals surface area contributed by atoms with Crippen molar-refractivity contribution in [3.05, 3.63) is 199 Å². The first kappa shape index (κ1) is 33.4. The van der Waals surface area contributed by atoms with E-state index in [1.807, 2.05) is 6.07 Å². The molecule has 1 aliphatic carbocycles. The van der Waals surface area contributed by atoms with Crippen LogP contribution in [-0.4, -0.2) is 0 Å². The summed E-state index contributed by atoms with van der Waals surface area (Å²) in [7, 11) is 0. The van der Waals surface area contributed by atoms with Gasteiger partial charge < -0.3 is 13.7 Å². The Balaban J connectivity index is 1.18. The molecule has 0 amide bonds. The quantitative estimate of drug-likeness (QED) is 0.167. The lowest BCUT2D eigenvalue weighted by molar-refractivity contribution is 0.660. The molecule has 0 saturated heterocycles. The number of hydrogen-bond donors (Lipinski definition) is 0. The van der Waals surface area contributed by atoms with Crippen molar-refractivity contribution in [3.63, 3.8) is 0 Å². The van der Waals surface area contributed by atoms with Crippen LogP contribution < -0.4 is 4.90 Å². The standard InChI is InChI=1S/C57H37NO2/c1-57(2)46-23-11-9-21-41(46)42-27-26-36(33-47(42)57)58(48-24-13-16-34-14-3-6-18-38(34)48)49-29-28-43(45-32-35-15-4-5-17-37(35)39-19-7-8-20-40(39)45)54-55-52(60-56(49)54)31-30-51-53(55)44-22-10-12-25-50(44)59-51/h3-33H,1-2H3. The third kappa shape index (κ3) is 4.55. The first-order valence-electron chi connectivity index (χ1n) is 20.8. The van der Waals surface area contributed by atoms with Crippen molar-refractivity contribution in [2.45, 2.75) is 19.3 Å². The van der Waals surface area contributed by atoms with Crippen molar-refractivity contribution in [2.24, 2.45) is 0 Å². The fraction of sp³-hybridized carbons (Fsp3) is 0.0526. The summed E-state index contributed by atoms with van der Waals surface area (Å²) in [6, 6.07) is 68.2. The van der Waals surface area contributed by atoms with Gasteiger partial charge >= 0.3 is 0 Å². The normalized spacial score (nSPS) is 13.3. The van der Waals surface area contributed by atoms with Crippen LogP contribution in [0.3, 0.4) is 0 Å². The summed E-state index contributed by atoms with van der Waals surface area (Å²) >= 11 is 0. The maximum absolute atomic E-state index is 7.31. The van der Waals surface area contributed by atoms with E-state index >= 15 is 0 Å². The zero-order valence-electron chi connectivity index (χ0n) is 33.2. The van der Waals surface area contributed by atoms with Gasteiger partial charge in [0.2, 0.25) is 0 Å². The molecular formula is C57H37NO2. The van der Waals surface area contributed by atoms with Crippen LogP contribution in [0.25, 0.3) is 98.4 Å². The van der Waals surface area contributed by atoms with Gasteiger partial charge in [-0.3, -0.25) is 0 Å². The summed E-state index contributed by atoms with van der Waals surface area (Å²) in [4.78, 5) is 2.43. The molecule has 282 valence electrons. The highest BCUT2D eigenvalue weighted by Gasteiger charge is 2.36. The molecule has 0 atom stereocenters. The van der Waals surface area contributed by atoms with Crippen LogP contribution in [0.4, 0.5) is 17.1 Å². The molecule has 12 aromatic rings. The average Bonchev–Trinajstić information content (AvgIpc) is 3.94. The van der Waals surface area contributed by atoms with Crippen LogP contribution in [0.1, 0.15) is 25.0 Å². The van der Waals surface area contributed by atoms with E-state index in [2.05, 4.69) is 201 Å². The van der Waals surface area contributed by atoms with Gasteiger partial charge in [-0.25, -0.2) is 0 Å². The smallest absolute Gasteiger partial charge is 0.160 e. The zero-order valence-corrected chi connectivity index (χ0v) is 33.2. The number of nitrogens with zero attached hydrogens (tertiary/aromatic N) is 1. The number of rotatable bonds is 4. The van der Waals surface area contributed by atoms with E-state index in [0.29, 0.717) is 0 Å². The second kappa shape index (κ2) is 12.2. The summed E-state index contributed by atoms with van der Waals surface area (Å²) in [5, 5.41) is 11.5. The van der Waals surface area contributed by atoms with Crippen molar-refractivity contribution in [1.82, 2.24) is 0 Å². The molecule has 0 spiro atoms. The third-order valence-electron chi connectivity index (χ3n) is 13.2. The maximum Gasteiger partial charge on any atom is 0.160 e. The molecule has 0 fully saturated rings. The second-order valence-electron chi connectivity index (χ2n) is 16.8. The van der Waals surface area contributed by atoms with Gasteiger partial charge in [-0.2, -0.15) is 0 Å². The fourth-order valence-corrected chi connectivity index (χ4v) is 10.5. The highest BCUT2D eigenvalue weighted by molar-refractivity contribution is 6.31. The topological polar surface area (TPSA) is 29.5 Å². The van der Waals surface area contributed by atoms with E-state index in [0.717, 1.165) is 66.5 Å². The molecule has 3 heteroatoms. The lowest BCUT2D eigenvalue weighted by atomic mass is 9.82. The molecule has 10 aromatic carbocycles. The van der Waals surface area contributed by atoms with Gasteiger partial charge in [0.25, 0.3) is 0 Å². The second-order valence-corrected chi connectivity index (χ2v) is 16.8. The molecule has 13 rings (SSSR count). The zero-order chi connectivity index (χ0) is 39.7. The molecule has 3 nitrogen and oxygen atoms in total. The van der Waals surface area contributed by atoms with Crippen LogP contribution in [0, 0.1) is 0 Å². The first-order valence-corrected chi connectivity index (χ1v) is 20.8. The van der Waals surface area contributed by atoms with Crippen LogP contribution in [-0.2, 0) is 5.41 Å². The number of para-hydroxylation sites is 1. The molecule has 0 bridgehead atoms. The van der Waals surface area contributed by atoms with Crippen molar-refractivity contribution in [2.75, 3.05) is 4.90 Å². The number of benzene rings is 10. The summed E-state index contributed by atoms with van der Waals surface area (Å²) in [6.45, 7) is 4.70. The Labute approximate surface area is 346 Å². The predicted molar refractivity (Wildman–Crippen MR) is 251 cm³/mol. The Kier molecular flexibility index (Phi) is 6.78. The number of anilines is 3. The monoisotopic (exact) mass is 767 g/mol. The van der Waals surface area contributed by atoms with Crippen molar-refractivity contribution in [1.29, 1.82) is 0 Å². The molecule has 0 aliphatic heterocycles. The van der Waals surface area contributed by atoms with Gasteiger partial charge in [-0.15, -0.1) is 0 Å². The highest BCUT2D eigenvalue weighted by atomic mass is 16.3. The summed E-state index contributed by atoms with van der Waals surface area (Å²) in [5.41, 5.74) is 13.9. The van der Waals surface area contributed by atoms with E-state index in [-0.39, 0.29) is 5.41 Å². The number of fused-ring (bicyclic) bond motifs is 14. The SMILES string of the molecule is CC1(C)c2ccccc2-c2ccc(N(c3cccc4ccccc34)c3ccc(-c4cc5ccccc5c5ccccc45)c4c3oc3ccc5oc6ccccc6c5c34)cc21. The summed E-state index contributed by atoms with van der Waals surface area (Å²) < 4.78 is 13.9. The molecule has 2 aromatic heterocycles. The summed E-state index contributed by atoms with van der Waals surface area (Å²) in [6.07, 6.45) is 0. The van der Waals surface area contributed by atoms with Crippen molar-refractivity contribution in [3.8, 4) is 22.3 Å². The minimum Gasteiger partial charge on any atom is -0.456 e. The van der Waals surface area contributed by atoms with Gasteiger partial charge in [-0.1, -0.05) is 153 Å². The lowest BCUT2D eigenvalue weighted by Gasteiger charge is -2.29. The third-order valence-corrected chi connectivity index (χ3v) is 13.2. The molecule has 0 unspecified atom stereocenters. The van der Waals surface area contributed by atoms with Crippen molar-refractivity contribution >= 4 is 93.3 Å². The molecule has 0 N–H and O–H groups in total. The van der Waals surface area contributed by atoms with Gasteiger partial charge in [0, 0.05) is 38.0 Å². The Hall–Kier alpha value is -7.62. The summed E-state index contributed by atoms with van der Waals surface area (Å²) in [5.74, 6) is 0. The van der Waals surface area contributed by atoms with Gasteiger partial charge in [0.15, 0.2) is 5.58 Å². The first-order chi connectivity index (χ1) is 29.5.